The van der Waals surface area contributed by atoms with E-state index in [-0.39, 0.29) is 47.4 Å². The number of nitrogens with zero attached hydrogens (tertiary/aromatic N) is 2. The maximum absolute atomic E-state index is 14.2. The number of hydrogen-bond acceptors (Lipinski definition) is 10. The Balaban J connectivity index is 1.66. The van der Waals surface area contributed by atoms with Crippen molar-refractivity contribution < 1.29 is 37.8 Å². The highest BCUT2D eigenvalue weighted by Crippen LogP contribution is 2.27. The fraction of sp³-hybridized carbons (Fsp3) is 0.400. The molecule has 13 heteroatoms. The largest absolute Gasteiger partial charge is 0.469 e. The number of amidine groups is 1. The van der Waals surface area contributed by atoms with E-state index in [2.05, 4.69) is 4.74 Å². The molecule has 3 rings (SSSR count). The number of carbonyl (C=O) groups excluding carboxylic acids is 4. The summed E-state index contributed by atoms with van der Waals surface area (Å²) in [4.78, 5) is 53.6. The summed E-state index contributed by atoms with van der Waals surface area (Å²) in [5.74, 6) is -3.53. The molecule has 1 aromatic carbocycles. The van der Waals surface area contributed by atoms with E-state index in [9.17, 15) is 23.6 Å². The van der Waals surface area contributed by atoms with E-state index in [0.29, 0.717) is 19.5 Å². The first-order valence-electron chi connectivity index (χ1n) is 11.7. The number of benzene rings is 1. The monoisotopic (exact) mass is 548 g/mol. The summed E-state index contributed by atoms with van der Waals surface area (Å²) < 4.78 is 28.8. The molecule has 0 radical (unpaired) electrons. The van der Waals surface area contributed by atoms with E-state index in [1.54, 1.807) is 12.1 Å². The standard InChI is InChI=1S/C25H29FN4O7S/c1-35-21(31)9-11-30(14-22(32)36-2)24(33)18-4-3-10-29(18)13-16-6-8-20(38-16)25(34)37-19-7-5-15(23(27)28)12-17(19)26/h5-8,12,18H,3-4,9-11,13-14H2,1-2H3,(H3,27,28)/t18-/m1/s1. The molecule has 3 N–H and O–H groups in total. The van der Waals surface area contributed by atoms with Crippen molar-refractivity contribution in [1.29, 1.82) is 5.41 Å². The Labute approximate surface area is 222 Å². The van der Waals surface area contributed by atoms with Crippen molar-refractivity contribution in [1.82, 2.24) is 9.80 Å². The van der Waals surface area contributed by atoms with Crippen LogP contribution in [-0.4, -0.2) is 79.3 Å². The smallest absolute Gasteiger partial charge is 0.353 e. The molecule has 1 amide bonds. The van der Waals surface area contributed by atoms with Crippen LogP contribution >= 0.6 is 11.3 Å². The van der Waals surface area contributed by atoms with Crippen LogP contribution in [0.1, 0.15) is 39.4 Å². The molecule has 1 aromatic heterocycles. The number of carbonyl (C=O) groups is 4. The predicted octanol–water partition coefficient (Wildman–Crippen LogP) is 1.92. The molecule has 1 atom stereocenters. The van der Waals surface area contributed by atoms with E-state index in [4.69, 9.17) is 20.6 Å². The van der Waals surface area contributed by atoms with Gasteiger partial charge in [-0.15, -0.1) is 11.3 Å². The second kappa shape index (κ2) is 13.1. The van der Waals surface area contributed by atoms with Gasteiger partial charge in [0.15, 0.2) is 11.6 Å². The van der Waals surface area contributed by atoms with Crippen molar-refractivity contribution in [2.75, 3.05) is 33.9 Å². The van der Waals surface area contributed by atoms with Crippen LogP contribution in [0.5, 0.6) is 5.75 Å². The second-order valence-corrected chi connectivity index (χ2v) is 9.67. The molecule has 1 aliphatic rings. The van der Waals surface area contributed by atoms with Gasteiger partial charge in [-0.05, 0) is 49.7 Å². The zero-order valence-electron chi connectivity index (χ0n) is 21.0. The van der Waals surface area contributed by atoms with Crippen LogP contribution in [0, 0.1) is 11.2 Å². The van der Waals surface area contributed by atoms with Crippen LogP contribution in [0.2, 0.25) is 0 Å². The molecule has 1 aliphatic heterocycles. The molecule has 0 spiro atoms. The minimum Gasteiger partial charge on any atom is -0.469 e. The molecule has 0 bridgehead atoms. The number of amides is 1. The fourth-order valence-corrected chi connectivity index (χ4v) is 4.91. The molecule has 2 aromatic rings. The van der Waals surface area contributed by atoms with Gasteiger partial charge in [-0.25, -0.2) is 9.18 Å². The number of esters is 3. The van der Waals surface area contributed by atoms with Gasteiger partial charge < -0.3 is 24.8 Å². The Kier molecular flexibility index (Phi) is 9.91. The molecule has 11 nitrogen and oxygen atoms in total. The maximum atomic E-state index is 14.2. The number of nitrogens with two attached hydrogens (primary N) is 1. The number of methoxy groups -OCH3 is 2. The minimum absolute atomic E-state index is 0.0178. The summed E-state index contributed by atoms with van der Waals surface area (Å²) in [5.41, 5.74) is 5.52. The third-order valence-corrected chi connectivity index (χ3v) is 7.04. The van der Waals surface area contributed by atoms with Crippen LogP contribution in [0.25, 0.3) is 0 Å². The van der Waals surface area contributed by atoms with Crippen molar-refractivity contribution in [3.05, 3.63) is 51.5 Å². The van der Waals surface area contributed by atoms with Crippen LogP contribution in [0.15, 0.2) is 30.3 Å². The average Bonchev–Trinajstić information content (AvgIpc) is 3.56. The lowest BCUT2D eigenvalue weighted by Crippen LogP contribution is -2.48. The van der Waals surface area contributed by atoms with Crippen molar-refractivity contribution in [2.24, 2.45) is 5.73 Å². The van der Waals surface area contributed by atoms with Crippen LogP contribution in [-0.2, 0) is 30.4 Å². The molecule has 1 fully saturated rings. The van der Waals surface area contributed by atoms with Crippen molar-refractivity contribution in [3.8, 4) is 5.75 Å². The number of hydrogen-bond donors (Lipinski definition) is 2. The van der Waals surface area contributed by atoms with E-state index in [1.807, 2.05) is 4.90 Å². The quantitative estimate of drug-likeness (QED) is 0.186. The topological polar surface area (TPSA) is 152 Å². The van der Waals surface area contributed by atoms with E-state index in [1.165, 1.54) is 31.3 Å². The predicted molar refractivity (Wildman–Crippen MR) is 135 cm³/mol. The third kappa shape index (κ3) is 7.35. The van der Waals surface area contributed by atoms with E-state index >= 15 is 0 Å². The first-order chi connectivity index (χ1) is 18.1. The van der Waals surface area contributed by atoms with Crippen LogP contribution < -0.4 is 10.5 Å². The van der Waals surface area contributed by atoms with Gasteiger partial charge in [-0.3, -0.25) is 24.7 Å². The lowest BCUT2D eigenvalue weighted by molar-refractivity contribution is -0.150. The number of ether oxygens (including phenoxy) is 3. The molecular formula is C25H29FN4O7S. The molecule has 38 heavy (non-hydrogen) atoms. The highest BCUT2D eigenvalue weighted by atomic mass is 32.1. The van der Waals surface area contributed by atoms with Gasteiger partial charge in [0, 0.05) is 23.5 Å². The summed E-state index contributed by atoms with van der Waals surface area (Å²) in [6.45, 7) is 0.740. The second-order valence-electron chi connectivity index (χ2n) is 8.50. The maximum Gasteiger partial charge on any atom is 0.353 e. The highest BCUT2D eigenvalue weighted by molar-refractivity contribution is 7.13. The van der Waals surface area contributed by atoms with Gasteiger partial charge in [0.25, 0.3) is 0 Å². The van der Waals surface area contributed by atoms with E-state index in [0.717, 1.165) is 28.7 Å². The summed E-state index contributed by atoms with van der Waals surface area (Å²) in [6.07, 6.45) is 1.28. The molecular weight excluding hydrogens is 519 g/mol. The van der Waals surface area contributed by atoms with Crippen molar-refractivity contribution >= 4 is 41.0 Å². The van der Waals surface area contributed by atoms with Gasteiger partial charge >= 0.3 is 17.9 Å². The number of likely N-dealkylation sites (tertiary alicyclic amines) is 1. The molecule has 1 saturated heterocycles. The lowest BCUT2D eigenvalue weighted by atomic mass is 10.1. The number of nitrogens with one attached hydrogen (secondary N) is 1. The Bertz CT molecular complexity index is 1220. The van der Waals surface area contributed by atoms with Crippen LogP contribution in [0.3, 0.4) is 0 Å². The van der Waals surface area contributed by atoms with Crippen molar-refractivity contribution in [3.63, 3.8) is 0 Å². The van der Waals surface area contributed by atoms with Gasteiger partial charge in [0.1, 0.15) is 17.3 Å². The Morgan fingerprint density at radius 2 is 1.89 bits per heavy atom. The third-order valence-electron chi connectivity index (χ3n) is 5.99. The zero-order valence-corrected chi connectivity index (χ0v) is 21.8. The summed E-state index contributed by atoms with van der Waals surface area (Å²) in [6, 6.07) is 6.43. The number of rotatable bonds is 11. The summed E-state index contributed by atoms with van der Waals surface area (Å²) in [5, 5.41) is 7.36. The molecule has 0 aliphatic carbocycles. The van der Waals surface area contributed by atoms with E-state index < -0.39 is 29.8 Å². The number of halogens is 1. The van der Waals surface area contributed by atoms with Gasteiger partial charge in [-0.2, -0.15) is 0 Å². The fourth-order valence-electron chi connectivity index (χ4n) is 4.00. The average molecular weight is 549 g/mol. The normalized spacial score (nSPS) is 15.1. The van der Waals surface area contributed by atoms with Crippen molar-refractivity contribution in [2.45, 2.75) is 31.8 Å². The summed E-state index contributed by atoms with van der Waals surface area (Å²) in [7, 11) is 2.47. The van der Waals surface area contributed by atoms with Crippen LogP contribution in [0.4, 0.5) is 4.39 Å². The molecule has 0 unspecified atom stereocenters. The van der Waals surface area contributed by atoms with Gasteiger partial charge in [0.2, 0.25) is 5.91 Å². The number of thiophene rings is 1. The molecule has 2 heterocycles. The number of nitrogen functional groups attached to an aromatic ring is 1. The minimum atomic E-state index is -0.815. The van der Waals surface area contributed by atoms with Gasteiger partial charge in [-0.1, -0.05) is 0 Å². The Morgan fingerprint density at radius 3 is 2.55 bits per heavy atom. The molecule has 0 saturated carbocycles. The zero-order chi connectivity index (χ0) is 27.8. The lowest BCUT2D eigenvalue weighted by Gasteiger charge is -2.29. The molecule has 204 valence electrons. The first-order valence-corrected chi connectivity index (χ1v) is 12.6. The highest BCUT2D eigenvalue weighted by Gasteiger charge is 2.35. The Morgan fingerprint density at radius 1 is 1.16 bits per heavy atom. The van der Waals surface area contributed by atoms with Gasteiger partial charge in [0.05, 0.1) is 26.7 Å². The first kappa shape index (κ1) is 28.7. The SMILES string of the molecule is COC(=O)CCN(CC(=O)OC)C(=O)[C@H]1CCCN1Cc1ccc(C(=O)Oc2ccc(C(=N)N)cc2F)s1. The Hall–Kier alpha value is -3.84. The summed E-state index contributed by atoms with van der Waals surface area (Å²) >= 11 is 1.16.